The number of aromatic amines is 2. The summed E-state index contributed by atoms with van der Waals surface area (Å²) in [4.78, 5) is 34.1. The van der Waals surface area contributed by atoms with Gasteiger partial charge >= 0.3 is 0 Å². The molecular weight excluding hydrogens is 652 g/mol. The maximum absolute atomic E-state index is 4.96. The maximum atomic E-state index is 4.96. The normalized spacial score (nSPS) is 13.3. The van der Waals surface area contributed by atoms with Crippen molar-refractivity contribution < 1.29 is 0 Å². The maximum Gasteiger partial charge on any atom is 0.223 e. The monoisotopic (exact) mass is 690 g/mol. The Kier molecular flexibility index (Phi) is 8.92. The number of nitrogens with zero attached hydrogens (tertiary/aromatic N) is 6. The molecule has 2 atom stereocenters. The minimum atomic E-state index is -0.138. The molecule has 0 spiro atoms. The first-order valence-corrected chi connectivity index (χ1v) is 16.3. The number of halogens is 1. The van der Waals surface area contributed by atoms with Gasteiger partial charge in [-0.2, -0.15) is 0 Å². The largest absolute Gasteiger partial charge is 0.346 e. The number of hydrogen-bond donors (Lipinski definition) is 4. The Labute approximate surface area is 283 Å². The molecule has 0 aliphatic carbocycles. The van der Waals surface area contributed by atoms with Crippen LogP contribution in [0.4, 0.5) is 11.9 Å². The molecule has 11 heteroatoms. The van der Waals surface area contributed by atoms with Gasteiger partial charge in [-0.3, -0.25) is 0 Å². The highest BCUT2D eigenvalue weighted by Crippen LogP contribution is 2.36. The van der Waals surface area contributed by atoms with E-state index in [0.29, 0.717) is 11.9 Å². The fourth-order valence-corrected chi connectivity index (χ4v) is 5.55. The minimum absolute atomic E-state index is 0.0989. The third kappa shape index (κ3) is 7.57. The summed E-state index contributed by atoms with van der Waals surface area (Å²) in [6.45, 7) is 13.0. The predicted molar refractivity (Wildman–Crippen MR) is 190 cm³/mol. The van der Waals surface area contributed by atoms with E-state index in [4.69, 9.17) is 9.97 Å². The quantitative estimate of drug-likeness (QED) is 0.118. The van der Waals surface area contributed by atoms with Crippen LogP contribution in [0.25, 0.3) is 33.6 Å². The van der Waals surface area contributed by atoms with Gasteiger partial charge in [0.2, 0.25) is 11.9 Å². The Morgan fingerprint density at radius 2 is 0.957 bits per heavy atom. The number of H-pyrrole nitrogens is 2. The molecule has 0 saturated carbocycles. The Balaban J connectivity index is 1.16. The summed E-state index contributed by atoms with van der Waals surface area (Å²) in [5.41, 5.74) is 5.83. The van der Waals surface area contributed by atoms with Crippen LogP contribution < -0.4 is 10.6 Å². The van der Waals surface area contributed by atoms with Crippen LogP contribution in [0.2, 0.25) is 0 Å². The number of benzene rings is 2. The van der Waals surface area contributed by atoms with E-state index in [1.807, 2.05) is 12.4 Å². The van der Waals surface area contributed by atoms with E-state index in [-0.39, 0.29) is 22.9 Å². The van der Waals surface area contributed by atoms with Crippen molar-refractivity contribution in [2.75, 3.05) is 10.6 Å². The SMILES string of the molecule is CC(C)(C)C(Nc1ncccn1)c1nc(-c2ccc(-c3ccc(-c4c[nH]c(C(Nc5ncc(Br)cn5)C(C)(C)C)n4)cc3)cc2)c[nH]1. The molecule has 4 heterocycles. The van der Waals surface area contributed by atoms with Crippen molar-refractivity contribution in [1.82, 2.24) is 39.9 Å². The molecule has 0 radical (unpaired) electrons. The van der Waals surface area contributed by atoms with Crippen LogP contribution in [0, 0.1) is 10.8 Å². The first-order valence-electron chi connectivity index (χ1n) is 15.5. The lowest BCUT2D eigenvalue weighted by Crippen LogP contribution is -2.27. The fraction of sp³-hybridized carbons (Fsp3) is 0.278. The van der Waals surface area contributed by atoms with Gasteiger partial charge < -0.3 is 20.6 Å². The summed E-state index contributed by atoms with van der Waals surface area (Å²) in [7, 11) is 0. The minimum Gasteiger partial charge on any atom is -0.346 e. The van der Waals surface area contributed by atoms with E-state index in [9.17, 15) is 0 Å². The van der Waals surface area contributed by atoms with Crippen molar-refractivity contribution in [1.29, 1.82) is 0 Å². The van der Waals surface area contributed by atoms with Gasteiger partial charge in [0.1, 0.15) is 11.6 Å². The summed E-state index contributed by atoms with van der Waals surface area (Å²) in [6, 6.07) is 18.5. The van der Waals surface area contributed by atoms with E-state index in [1.54, 1.807) is 30.9 Å². The van der Waals surface area contributed by atoms with E-state index < -0.39 is 0 Å². The topological polar surface area (TPSA) is 133 Å². The summed E-state index contributed by atoms with van der Waals surface area (Å²) in [6.07, 6.45) is 10.8. The molecule has 0 aliphatic heterocycles. The van der Waals surface area contributed by atoms with Crippen molar-refractivity contribution in [3.8, 4) is 33.6 Å². The summed E-state index contributed by atoms with van der Waals surface area (Å²) in [5.74, 6) is 2.80. The molecule has 240 valence electrons. The van der Waals surface area contributed by atoms with Crippen LogP contribution in [0.1, 0.15) is 65.3 Å². The molecule has 4 aromatic heterocycles. The molecule has 4 N–H and O–H groups in total. The van der Waals surface area contributed by atoms with Gasteiger partial charge in [0.05, 0.1) is 27.9 Å². The van der Waals surface area contributed by atoms with Gasteiger partial charge in [0, 0.05) is 48.3 Å². The summed E-state index contributed by atoms with van der Waals surface area (Å²) in [5, 5.41) is 6.89. The second-order valence-corrected chi connectivity index (χ2v) is 14.6. The number of anilines is 2. The number of nitrogens with one attached hydrogen (secondary N) is 4. The molecule has 47 heavy (non-hydrogen) atoms. The van der Waals surface area contributed by atoms with Crippen LogP contribution in [-0.4, -0.2) is 39.9 Å². The highest BCUT2D eigenvalue weighted by Gasteiger charge is 2.31. The second kappa shape index (κ2) is 13.1. The highest BCUT2D eigenvalue weighted by molar-refractivity contribution is 9.10. The molecule has 10 nitrogen and oxygen atoms in total. The van der Waals surface area contributed by atoms with Crippen molar-refractivity contribution >= 4 is 27.8 Å². The van der Waals surface area contributed by atoms with Gasteiger partial charge in [-0.05, 0) is 44.0 Å². The zero-order chi connectivity index (χ0) is 33.2. The van der Waals surface area contributed by atoms with Gasteiger partial charge in [-0.15, -0.1) is 0 Å². The number of rotatable bonds is 9. The number of aromatic nitrogens is 8. The first-order chi connectivity index (χ1) is 22.4. The third-order valence-corrected chi connectivity index (χ3v) is 8.31. The lowest BCUT2D eigenvalue weighted by molar-refractivity contribution is 0.336. The third-order valence-electron chi connectivity index (χ3n) is 7.90. The highest BCUT2D eigenvalue weighted by atomic mass is 79.9. The van der Waals surface area contributed by atoms with E-state index in [0.717, 1.165) is 49.8 Å². The average molecular weight is 692 g/mol. The fourth-order valence-electron chi connectivity index (χ4n) is 5.34. The van der Waals surface area contributed by atoms with Crippen LogP contribution in [0.15, 0.2) is 96.3 Å². The van der Waals surface area contributed by atoms with E-state index >= 15 is 0 Å². The molecular formula is C36H39BrN10. The van der Waals surface area contributed by atoms with Crippen molar-refractivity contribution in [2.45, 2.75) is 53.6 Å². The van der Waals surface area contributed by atoms with Crippen LogP contribution in [-0.2, 0) is 0 Å². The zero-order valence-corrected chi connectivity index (χ0v) is 29.0. The molecule has 0 amide bonds. The lowest BCUT2D eigenvalue weighted by atomic mass is 9.86. The zero-order valence-electron chi connectivity index (χ0n) is 27.4. The van der Waals surface area contributed by atoms with Crippen LogP contribution in [0.3, 0.4) is 0 Å². The van der Waals surface area contributed by atoms with E-state index in [2.05, 4.69) is 147 Å². The Morgan fingerprint density at radius 3 is 1.36 bits per heavy atom. The summed E-state index contributed by atoms with van der Waals surface area (Å²) >= 11 is 3.40. The molecule has 6 rings (SSSR count). The molecule has 0 saturated heterocycles. The molecule has 6 aromatic rings. The molecule has 0 aliphatic rings. The lowest BCUT2D eigenvalue weighted by Gasteiger charge is -2.29. The van der Waals surface area contributed by atoms with Crippen molar-refractivity contribution in [3.63, 3.8) is 0 Å². The number of hydrogen-bond acceptors (Lipinski definition) is 8. The van der Waals surface area contributed by atoms with Crippen LogP contribution >= 0.6 is 15.9 Å². The molecule has 2 aromatic carbocycles. The number of imidazole rings is 2. The Morgan fingerprint density at radius 1 is 0.574 bits per heavy atom. The molecule has 2 unspecified atom stereocenters. The Bertz CT molecular complexity index is 1900. The Hall–Kier alpha value is -4.90. The molecule has 0 fully saturated rings. The average Bonchev–Trinajstić information content (AvgIpc) is 3.74. The van der Waals surface area contributed by atoms with Crippen molar-refractivity contribution in [2.24, 2.45) is 10.8 Å². The smallest absolute Gasteiger partial charge is 0.223 e. The predicted octanol–water partition coefficient (Wildman–Crippen LogP) is 8.87. The van der Waals surface area contributed by atoms with Gasteiger partial charge in [-0.1, -0.05) is 90.1 Å². The van der Waals surface area contributed by atoms with Gasteiger partial charge in [0.15, 0.2) is 0 Å². The van der Waals surface area contributed by atoms with Crippen LogP contribution in [0.5, 0.6) is 0 Å². The van der Waals surface area contributed by atoms with Gasteiger partial charge in [0.25, 0.3) is 0 Å². The second-order valence-electron chi connectivity index (χ2n) is 13.7. The van der Waals surface area contributed by atoms with Gasteiger partial charge in [-0.25, -0.2) is 29.9 Å². The standard InChI is InChI=1S/C36H39BrN10/c1-35(2,3)29(46-33-38-16-7-17-39-33)31-40-20-27(44-31)24-12-8-22(9-13-24)23-10-14-25(15-11-23)28-21-41-32(45-28)30(36(4,5)6)47-34-42-18-26(37)19-43-34/h7-21,29-30H,1-6H3,(H,40,44)(H,41,45)(H,38,39,46)(H,42,43,47). The summed E-state index contributed by atoms with van der Waals surface area (Å²) < 4.78 is 0.833. The van der Waals surface area contributed by atoms with E-state index in [1.165, 1.54) is 0 Å². The first kappa shape index (κ1) is 32.1. The van der Waals surface area contributed by atoms with Crippen molar-refractivity contribution in [3.05, 3.63) is 108 Å². The molecule has 0 bridgehead atoms.